The van der Waals surface area contributed by atoms with E-state index in [1.165, 1.54) is 20.1 Å². The molecule has 0 unspecified atom stereocenters. The normalized spacial score (nSPS) is 10.8. The quantitative estimate of drug-likeness (QED) is 0.656. The lowest BCUT2D eigenvalue weighted by Gasteiger charge is -2.01. The summed E-state index contributed by atoms with van der Waals surface area (Å²) < 4.78 is 4.16. The second-order valence-electron chi connectivity index (χ2n) is 5.14. The molecule has 0 aliphatic rings. The summed E-state index contributed by atoms with van der Waals surface area (Å²) in [6.45, 7) is 0.486. The van der Waals surface area contributed by atoms with Gasteiger partial charge in [-0.2, -0.15) is 0 Å². The Bertz CT molecular complexity index is 909. The second-order valence-corrected chi connectivity index (χ2v) is 5.14. The molecule has 124 valence electrons. The minimum absolute atomic E-state index is 0.222. The number of aryl methyl sites for hydroxylation is 1. The zero-order valence-electron chi connectivity index (χ0n) is 13.2. The fourth-order valence-corrected chi connectivity index (χ4v) is 2.17. The summed E-state index contributed by atoms with van der Waals surface area (Å²) in [4.78, 5) is 28.3. The van der Waals surface area contributed by atoms with Gasteiger partial charge in [0, 0.05) is 26.8 Å². The van der Waals surface area contributed by atoms with Gasteiger partial charge in [0.05, 0.1) is 12.7 Å². The van der Waals surface area contributed by atoms with E-state index in [1.807, 2.05) is 6.07 Å². The van der Waals surface area contributed by atoms with Gasteiger partial charge in [-0.25, -0.2) is 9.48 Å². The van der Waals surface area contributed by atoms with Crippen LogP contribution in [0.3, 0.4) is 0 Å². The summed E-state index contributed by atoms with van der Waals surface area (Å²) in [5.41, 5.74) is 0.559. The van der Waals surface area contributed by atoms with Crippen molar-refractivity contribution in [2.75, 3.05) is 6.54 Å². The SMILES string of the molecule is Cn1cc(C(=O)NCCn2nc(-c3ccccn3)n(C)c2=O)nn1. The van der Waals surface area contributed by atoms with Crippen molar-refractivity contribution in [3.05, 3.63) is 46.8 Å². The van der Waals surface area contributed by atoms with Crippen molar-refractivity contribution in [1.82, 2.24) is 39.6 Å². The molecule has 1 amide bonds. The van der Waals surface area contributed by atoms with Gasteiger partial charge in [-0.15, -0.1) is 10.2 Å². The molecule has 0 spiro atoms. The van der Waals surface area contributed by atoms with Crippen LogP contribution in [0.5, 0.6) is 0 Å². The molecule has 3 aromatic heterocycles. The molecule has 0 bridgehead atoms. The molecule has 0 saturated heterocycles. The lowest BCUT2D eigenvalue weighted by molar-refractivity contribution is 0.0946. The van der Waals surface area contributed by atoms with Crippen LogP contribution in [-0.2, 0) is 20.6 Å². The van der Waals surface area contributed by atoms with Crippen LogP contribution in [0.25, 0.3) is 11.5 Å². The number of carbonyl (C=O) groups excluding carboxylic acids is 1. The van der Waals surface area contributed by atoms with Crippen molar-refractivity contribution in [1.29, 1.82) is 0 Å². The number of aromatic nitrogens is 7. The molecule has 0 aliphatic carbocycles. The van der Waals surface area contributed by atoms with Gasteiger partial charge in [-0.1, -0.05) is 11.3 Å². The predicted molar refractivity (Wildman–Crippen MR) is 84.0 cm³/mol. The van der Waals surface area contributed by atoms with Crippen molar-refractivity contribution in [3.8, 4) is 11.5 Å². The standard InChI is InChI=1S/C14H16N8O2/c1-20-9-11(17-19-20)13(23)16-7-8-22-14(24)21(2)12(18-22)10-5-3-4-6-15-10/h3-6,9H,7-8H2,1-2H3,(H,16,23). The average Bonchev–Trinajstić information content (AvgIpc) is 3.14. The Morgan fingerprint density at radius 1 is 1.29 bits per heavy atom. The molecule has 10 nitrogen and oxygen atoms in total. The Hall–Kier alpha value is -3.30. The fourth-order valence-electron chi connectivity index (χ4n) is 2.17. The van der Waals surface area contributed by atoms with E-state index in [1.54, 1.807) is 32.4 Å². The zero-order chi connectivity index (χ0) is 17.1. The molecule has 24 heavy (non-hydrogen) atoms. The molecule has 3 heterocycles. The van der Waals surface area contributed by atoms with Crippen LogP contribution in [0.2, 0.25) is 0 Å². The van der Waals surface area contributed by atoms with Crippen LogP contribution < -0.4 is 11.0 Å². The van der Waals surface area contributed by atoms with Crippen molar-refractivity contribution < 1.29 is 4.79 Å². The van der Waals surface area contributed by atoms with Crippen molar-refractivity contribution in [3.63, 3.8) is 0 Å². The zero-order valence-corrected chi connectivity index (χ0v) is 13.2. The molecule has 0 aromatic carbocycles. The van der Waals surface area contributed by atoms with Gasteiger partial charge >= 0.3 is 5.69 Å². The Balaban J connectivity index is 1.68. The molecular weight excluding hydrogens is 312 g/mol. The van der Waals surface area contributed by atoms with Crippen molar-refractivity contribution in [2.24, 2.45) is 14.1 Å². The summed E-state index contributed by atoms with van der Waals surface area (Å²) in [5.74, 6) is 0.123. The number of pyridine rings is 1. The van der Waals surface area contributed by atoms with Crippen LogP contribution in [0.15, 0.2) is 35.4 Å². The number of nitrogens with one attached hydrogen (secondary N) is 1. The first-order chi connectivity index (χ1) is 11.6. The minimum Gasteiger partial charge on any atom is -0.349 e. The minimum atomic E-state index is -0.350. The molecule has 1 N–H and O–H groups in total. The monoisotopic (exact) mass is 328 g/mol. The van der Waals surface area contributed by atoms with E-state index < -0.39 is 0 Å². The molecule has 0 aliphatic heterocycles. The van der Waals surface area contributed by atoms with E-state index in [0.717, 1.165) is 0 Å². The maximum absolute atomic E-state index is 12.2. The number of carbonyl (C=O) groups is 1. The summed E-state index contributed by atoms with van der Waals surface area (Å²) in [5, 5.41) is 14.4. The Morgan fingerprint density at radius 2 is 2.12 bits per heavy atom. The van der Waals surface area contributed by atoms with Gasteiger partial charge in [0.25, 0.3) is 5.91 Å². The highest BCUT2D eigenvalue weighted by molar-refractivity contribution is 5.91. The van der Waals surface area contributed by atoms with Crippen LogP contribution in [0.4, 0.5) is 0 Å². The first-order valence-corrected chi connectivity index (χ1v) is 7.26. The third-order valence-electron chi connectivity index (χ3n) is 3.38. The van der Waals surface area contributed by atoms with Crippen molar-refractivity contribution >= 4 is 5.91 Å². The lowest BCUT2D eigenvalue weighted by Crippen LogP contribution is -2.31. The van der Waals surface area contributed by atoms with Gasteiger partial charge in [0.15, 0.2) is 11.5 Å². The van der Waals surface area contributed by atoms with Crippen molar-refractivity contribution in [2.45, 2.75) is 6.54 Å². The maximum Gasteiger partial charge on any atom is 0.346 e. The molecule has 3 rings (SSSR count). The van der Waals surface area contributed by atoms with Gasteiger partial charge in [0.2, 0.25) is 0 Å². The number of nitrogens with zero attached hydrogens (tertiary/aromatic N) is 7. The van der Waals surface area contributed by atoms with E-state index >= 15 is 0 Å². The van der Waals surface area contributed by atoms with E-state index in [2.05, 4.69) is 25.7 Å². The summed E-state index contributed by atoms with van der Waals surface area (Å²) in [7, 11) is 3.31. The van der Waals surface area contributed by atoms with E-state index in [0.29, 0.717) is 11.5 Å². The predicted octanol–water partition coefficient (Wildman–Crippen LogP) is -0.798. The molecule has 0 fully saturated rings. The number of hydrogen-bond donors (Lipinski definition) is 1. The van der Waals surface area contributed by atoms with Gasteiger partial charge < -0.3 is 5.32 Å². The maximum atomic E-state index is 12.2. The molecular formula is C14H16N8O2. The van der Waals surface area contributed by atoms with Gasteiger partial charge in [-0.3, -0.25) is 19.0 Å². The molecule has 10 heteroatoms. The Labute approximate surface area is 136 Å². The van der Waals surface area contributed by atoms with Crippen LogP contribution in [0, 0.1) is 0 Å². The van der Waals surface area contributed by atoms with Gasteiger partial charge in [0.1, 0.15) is 5.69 Å². The Kier molecular flexibility index (Phi) is 4.18. The molecule has 0 saturated carbocycles. The summed E-state index contributed by atoms with van der Waals surface area (Å²) in [6, 6.07) is 5.40. The van der Waals surface area contributed by atoms with Gasteiger partial charge in [-0.05, 0) is 12.1 Å². The highest BCUT2D eigenvalue weighted by atomic mass is 16.2. The highest BCUT2D eigenvalue weighted by Gasteiger charge is 2.14. The topological polar surface area (TPSA) is 113 Å². The fraction of sp³-hybridized carbons (Fsp3) is 0.286. The smallest absolute Gasteiger partial charge is 0.346 e. The van der Waals surface area contributed by atoms with E-state index in [-0.39, 0.29) is 30.4 Å². The van der Waals surface area contributed by atoms with E-state index in [9.17, 15) is 9.59 Å². The summed E-state index contributed by atoms with van der Waals surface area (Å²) >= 11 is 0. The third kappa shape index (κ3) is 3.07. The van der Waals surface area contributed by atoms with Crippen LogP contribution >= 0.6 is 0 Å². The first-order valence-electron chi connectivity index (χ1n) is 7.26. The van der Waals surface area contributed by atoms with Crippen LogP contribution in [-0.4, -0.2) is 46.8 Å². The molecule has 0 radical (unpaired) electrons. The first kappa shape index (κ1) is 15.6. The second kappa shape index (κ2) is 6.44. The summed E-state index contributed by atoms with van der Waals surface area (Å²) in [6.07, 6.45) is 3.15. The lowest BCUT2D eigenvalue weighted by atomic mass is 10.3. The average molecular weight is 328 g/mol. The molecule has 0 atom stereocenters. The Morgan fingerprint density at radius 3 is 2.79 bits per heavy atom. The van der Waals surface area contributed by atoms with E-state index in [4.69, 9.17) is 0 Å². The number of hydrogen-bond acceptors (Lipinski definition) is 6. The number of rotatable bonds is 5. The van der Waals surface area contributed by atoms with Crippen LogP contribution in [0.1, 0.15) is 10.5 Å². The molecule has 3 aromatic rings. The highest BCUT2D eigenvalue weighted by Crippen LogP contribution is 2.10. The largest absolute Gasteiger partial charge is 0.349 e. The number of amides is 1. The third-order valence-corrected chi connectivity index (χ3v) is 3.38.